The van der Waals surface area contributed by atoms with Crippen LogP contribution in [0.15, 0.2) is 35.0 Å². The SMILES string of the molecule is CSCC(=O)N1CC2CN(C(=O)c3nonc3C)CC2(CCc2ccccc2)C1. The number of carbonyl (C=O) groups excluding carboxylic acids is 2. The minimum Gasteiger partial charge on any atom is -0.341 e. The Balaban J connectivity index is 1.53. The summed E-state index contributed by atoms with van der Waals surface area (Å²) in [5.74, 6) is 0.856. The fourth-order valence-corrected chi connectivity index (χ4v) is 5.14. The van der Waals surface area contributed by atoms with Crippen LogP contribution < -0.4 is 0 Å². The summed E-state index contributed by atoms with van der Waals surface area (Å²) >= 11 is 1.56. The van der Waals surface area contributed by atoms with Crippen molar-refractivity contribution in [2.24, 2.45) is 11.3 Å². The van der Waals surface area contributed by atoms with E-state index >= 15 is 0 Å². The van der Waals surface area contributed by atoms with Gasteiger partial charge in [0.1, 0.15) is 5.69 Å². The number of benzene rings is 1. The van der Waals surface area contributed by atoms with Crippen molar-refractivity contribution in [3.05, 3.63) is 47.3 Å². The van der Waals surface area contributed by atoms with Gasteiger partial charge >= 0.3 is 0 Å². The molecule has 2 aliphatic heterocycles. The summed E-state index contributed by atoms with van der Waals surface area (Å²) in [7, 11) is 0. The number of nitrogens with zero attached hydrogens (tertiary/aromatic N) is 4. The van der Waals surface area contributed by atoms with Crippen LogP contribution in [0.1, 0.15) is 28.2 Å². The van der Waals surface area contributed by atoms with Crippen molar-refractivity contribution in [2.45, 2.75) is 19.8 Å². The molecule has 1 aromatic heterocycles. The molecule has 0 saturated carbocycles. The van der Waals surface area contributed by atoms with E-state index in [4.69, 9.17) is 4.63 Å². The summed E-state index contributed by atoms with van der Waals surface area (Å²) < 4.78 is 4.72. The van der Waals surface area contributed by atoms with E-state index in [2.05, 4.69) is 34.6 Å². The van der Waals surface area contributed by atoms with Crippen molar-refractivity contribution in [1.29, 1.82) is 0 Å². The van der Waals surface area contributed by atoms with Gasteiger partial charge in [-0.05, 0) is 36.7 Å². The molecule has 1 aromatic carbocycles. The lowest BCUT2D eigenvalue weighted by atomic mass is 9.76. The van der Waals surface area contributed by atoms with Crippen LogP contribution in [0.5, 0.6) is 0 Å². The minimum absolute atomic E-state index is 0.0787. The molecule has 2 fully saturated rings. The molecular formula is C21H26N4O3S. The van der Waals surface area contributed by atoms with Gasteiger partial charge in [0.15, 0.2) is 5.69 Å². The second-order valence-electron chi connectivity index (χ2n) is 8.14. The number of aromatic nitrogens is 2. The summed E-state index contributed by atoms with van der Waals surface area (Å²) in [5, 5.41) is 7.53. The number of hydrogen-bond donors (Lipinski definition) is 0. The lowest BCUT2D eigenvalue weighted by Gasteiger charge is -2.29. The third-order valence-electron chi connectivity index (χ3n) is 6.28. The largest absolute Gasteiger partial charge is 0.341 e. The standard InChI is InChI=1S/C21H26N4O3S/c1-15-19(23-28-22-15)20(27)25-11-17-10-24(18(26)12-29-2)13-21(17,14-25)9-8-16-6-4-3-5-7-16/h3-7,17H,8-14H2,1-2H3. The third-order valence-corrected chi connectivity index (χ3v) is 6.81. The molecule has 2 saturated heterocycles. The van der Waals surface area contributed by atoms with E-state index in [-0.39, 0.29) is 23.1 Å². The Morgan fingerprint density at radius 3 is 2.59 bits per heavy atom. The van der Waals surface area contributed by atoms with Crippen molar-refractivity contribution in [3.63, 3.8) is 0 Å². The predicted molar refractivity (Wildman–Crippen MR) is 111 cm³/mol. The van der Waals surface area contributed by atoms with E-state index in [1.165, 1.54) is 5.56 Å². The Hall–Kier alpha value is -2.35. The Labute approximate surface area is 174 Å². The van der Waals surface area contributed by atoms with Crippen LogP contribution in [0.3, 0.4) is 0 Å². The zero-order valence-corrected chi connectivity index (χ0v) is 17.7. The lowest BCUT2D eigenvalue weighted by molar-refractivity contribution is -0.127. The predicted octanol–water partition coefficient (Wildman–Crippen LogP) is 2.27. The van der Waals surface area contributed by atoms with E-state index < -0.39 is 0 Å². The minimum atomic E-state index is -0.126. The zero-order chi connectivity index (χ0) is 20.4. The maximum atomic E-state index is 13.0. The number of carbonyl (C=O) groups is 2. The molecule has 0 radical (unpaired) electrons. The van der Waals surface area contributed by atoms with E-state index in [1.54, 1.807) is 18.7 Å². The van der Waals surface area contributed by atoms with Gasteiger partial charge in [0.05, 0.1) is 5.75 Å². The fourth-order valence-electron chi connectivity index (χ4n) is 4.71. The molecule has 29 heavy (non-hydrogen) atoms. The number of thioether (sulfide) groups is 1. The van der Waals surface area contributed by atoms with Gasteiger partial charge in [0.25, 0.3) is 5.91 Å². The number of hydrogen-bond acceptors (Lipinski definition) is 6. The Morgan fingerprint density at radius 2 is 1.90 bits per heavy atom. The molecule has 0 spiro atoms. The first-order valence-corrected chi connectivity index (χ1v) is 11.3. The van der Waals surface area contributed by atoms with Crippen molar-refractivity contribution < 1.29 is 14.2 Å². The molecule has 2 amide bonds. The van der Waals surface area contributed by atoms with Gasteiger partial charge < -0.3 is 9.80 Å². The summed E-state index contributed by atoms with van der Waals surface area (Å²) in [6.45, 7) is 4.44. The van der Waals surface area contributed by atoms with Crippen LogP contribution >= 0.6 is 11.8 Å². The average molecular weight is 415 g/mol. The topological polar surface area (TPSA) is 79.5 Å². The number of rotatable bonds is 6. The lowest BCUT2D eigenvalue weighted by Crippen LogP contribution is -2.39. The molecule has 2 atom stereocenters. The summed E-state index contributed by atoms with van der Waals surface area (Å²) in [4.78, 5) is 29.4. The summed E-state index contributed by atoms with van der Waals surface area (Å²) in [5.41, 5.74) is 2.02. The summed E-state index contributed by atoms with van der Waals surface area (Å²) in [6, 6.07) is 10.4. The summed E-state index contributed by atoms with van der Waals surface area (Å²) in [6.07, 6.45) is 3.84. The monoisotopic (exact) mass is 414 g/mol. The van der Waals surface area contributed by atoms with Crippen molar-refractivity contribution in [3.8, 4) is 0 Å². The van der Waals surface area contributed by atoms with Gasteiger partial charge in [-0.3, -0.25) is 9.59 Å². The Bertz CT molecular complexity index is 887. The third kappa shape index (κ3) is 3.90. The first kappa shape index (κ1) is 19.9. The van der Waals surface area contributed by atoms with Gasteiger partial charge in [-0.2, -0.15) is 11.8 Å². The van der Waals surface area contributed by atoms with E-state index in [0.717, 1.165) is 12.8 Å². The molecule has 7 nitrogen and oxygen atoms in total. The molecule has 2 unspecified atom stereocenters. The highest BCUT2D eigenvalue weighted by Crippen LogP contribution is 2.46. The number of amides is 2. The van der Waals surface area contributed by atoms with Crippen LogP contribution in [-0.4, -0.2) is 70.1 Å². The quantitative estimate of drug-likeness (QED) is 0.722. The number of likely N-dealkylation sites (tertiary alicyclic amines) is 2. The van der Waals surface area contributed by atoms with Crippen molar-refractivity contribution in [2.75, 3.05) is 38.2 Å². The molecular weight excluding hydrogens is 388 g/mol. The molecule has 3 heterocycles. The average Bonchev–Trinajstić information content (AvgIpc) is 3.39. The first-order valence-electron chi connectivity index (χ1n) is 9.91. The van der Waals surface area contributed by atoms with Gasteiger partial charge in [-0.15, -0.1) is 0 Å². The molecule has 2 aromatic rings. The van der Waals surface area contributed by atoms with E-state index in [1.807, 2.05) is 22.1 Å². The first-order chi connectivity index (χ1) is 14.0. The molecule has 2 aliphatic rings. The molecule has 0 N–H and O–H groups in total. The maximum Gasteiger partial charge on any atom is 0.278 e. The van der Waals surface area contributed by atoms with Crippen LogP contribution in [-0.2, 0) is 11.2 Å². The second-order valence-corrected chi connectivity index (χ2v) is 9.00. The zero-order valence-electron chi connectivity index (χ0n) is 16.8. The maximum absolute atomic E-state index is 13.0. The van der Waals surface area contributed by atoms with Crippen molar-refractivity contribution >= 4 is 23.6 Å². The fraction of sp³-hybridized carbons (Fsp3) is 0.524. The Morgan fingerprint density at radius 1 is 1.17 bits per heavy atom. The number of aryl methyl sites for hydroxylation is 2. The molecule has 0 aliphatic carbocycles. The molecule has 4 rings (SSSR count). The smallest absolute Gasteiger partial charge is 0.278 e. The van der Waals surface area contributed by atoms with Crippen LogP contribution in [0.25, 0.3) is 0 Å². The molecule has 154 valence electrons. The normalized spacial score (nSPS) is 23.4. The van der Waals surface area contributed by atoms with Gasteiger partial charge in [-0.25, -0.2) is 4.63 Å². The van der Waals surface area contributed by atoms with E-state index in [9.17, 15) is 9.59 Å². The highest BCUT2D eigenvalue weighted by molar-refractivity contribution is 7.99. The second kappa shape index (κ2) is 8.18. The van der Waals surface area contributed by atoms with Crippen LogP contribution in [0, 0.1) is 18.3 Å². The highest BCUT2D eigenvalue weighted by atomic mass is 32.2. The van der Waals surface area contributed by atoms with E-state index in [0.29, 0.717) is 43.3 Å². The van der Waals surface area contributed by atoms with Crippen molar-refractivity contribution in [1.82, 2.24) is 20.1 Å². The van der Waals surface area contributed by atoms with Gasteiger partial charge in [-0.1, -0.05) is 35.5 Å². The Kier molecular flexibility index (Phi) is 5.63. The van der Waals surface area contributed by atoms with Crippen LogP contribution in [0.4, 0.5) is 0 Å². The molecule has 8 heteroatoms. The van der Waals surface area contributed by atoms with Crippen LogP contribution in [0.2, 0.25) is 0 Å². The highest BCUT2D eigenvalue weighted by Gasteiger charge is 2.54. The molecule has 0 bridgehead atoms. The van der Waals surface area contributed by atoms with Gasteiger partial charge in [0.2, 0.25) is 5.91 Å². The number of fused-ring (bicyclic) bond motifs is 1. The van der Waals surface area contributed by atoms with Gasteiger partial charge in [0, 0.05) is 37.5 Å².